The van der Waals surface area contributed by atoms with Crippen molar-refractivity contribution in [3.8, 4) is 0 Å². The third kappa shape index (κ3) is 1.30. The van der Waals surface area contributed by atoms with Gasteiger partial charge in [0.15, 0.2) is 0 Å². The minimum atomic E-state index is -0.174. The van der Waals surface area contributed by atoms with E-state index in [9.17, 15) is 4.79 Å². The highest BCUT2D eigenvalue weighted by Crippen LogP contribution is 2.26. The van der Waals surface area contributed by atoms with E-state index >= 15 is 0 Å². The minimum Gasteiger partial charge on any atom is -0.287 e. The van der Waals surface area contributed by atoms with E-state index < -0.39 is 0 Å². The summed E-state index contributed by atoms with van der Waals surface area (Å²) in [5, 5.41) is 7.48. The van der Waals surface area contributed by atoms with Crippen LogP contribution in [0.2, 0.25) is 10.0 Å². The predicted octanol–water partition coefficient (Wildman–Crippen LogP) is 2.23. The molecule has 0 saturated carbocycles. The quantitative estimate of drug-likeness (QED) is 0.732. The van der Waals surface area contributed by atoms with E-state index in [4.69, 9.17) is 23.2 Å². The number of halogens is 2. The second-order valence-electron chi connectivity index (χ2n) is 2.52. The first kappa shape index (κ1) is 8.53. The zero-order chi connectivity index (χ0) is 9.42. The highest BCUT2D eigenvalue weighted by Gasteiger charge is 2.05. The molecule has 0 aliphatic heterocycles. The molecular weight excluding hydrogens is 211 g/mol. The summed E-state index contributed by atoms with van der Waals surface area (Å²) in [5.41, 5.74) is 0.300. The molecule has 0 spiro atoms. The van der Waals surface area contributed by atoms with E-state index in [2.05, 4.69) is 10.2 Å². The first-order valence-electron chi connectivity index (χ1n) is 3.51. The molecule has 5 heteroatoms. The van der Waals surface area contributed by atoms with Crippen molar-refractivity contribution in [1.29, 1.82) is 0 Å². The molecule has 13 heavy (non-hydrogen) atoms. The van der Waals surface area contributed by atoms with Gasteiger partial charge in [-0.25, -0.2) is 0 Å². The summed E-state index contributed by atoms with van der Waals surface area (Å²) in [7, 11) is 0. The lowest BCUT2D eigenvalue weighted by molar-refractivity contribution is 1.06. The van der Waals surface area contributed by atoms with Gasteiger partial charge in [-0.1, -0.05) is 23.2 Å². The predicted molar refractivity (Wildman–Crippen MR) is 52.4 cm³/mol. The molecule has 0 atom stereocenters. The van der Waals surface area contributed by atoms with Crippen LogP contribution in [0.25, 0.3) is 10.9 Å². The van der Waals surface area contributed by atoms with Crippen LogP contribution in [-0.2, 0) is 0 Å². The maximum Gasteiger partial charge on any atom is 0.207 e. The van der Waals surface area contributed by atoms with E-state index in [0.717, 1.165) is 0 Å². The molecule has 0 bridgehead atoms. The van der Waals surface area contributed by atoms with Gasteiger partial charge in [0.2, 0.25) is 5.43 Å². The SMILES string of the molecule is O=c1cn[nH]c2c(Cl)c(Cl)ccc12. The maximum atomic E-state index is 11.3. The number of aromatic amines is 1. The maximum absolute atomic E-state index is 11.3. The molecule has 2 aromatic rings. The summed E-state index contributed by atoms with van der Waals surface area (Å²) in [6.45, 7) is 0. The number of nitrogens with one attached hydrogen (secondary N) is 1. The van der Waals surface area contributed by atoms with Gasteiger partial charge in [0, 0.05) is 0 Å². The van der Waals surface area contributed by atoms with Crippen LogP contribution in [0.15, 0.2) is 23.1 Å². The average molecular weight is 215 g/mol. The van der Waals surface area contributed by atoms with Crippen molar-refractivity contribution in [2.75, 3.05) is 0 Å². The number of rotatable bonds is 0. The van der Waals surface area contributed by atoms with Gasteiger partial charge in [0.25, 0.3) is 0 Å². The van der Waals surface area contributed by atoms with Gasteiger partial charge in [-0.15, -0.1) is 0 Å². The fraction of sp³-hybridized carbons (Fsp3) is 0. The van der Waals surface area contributed by atoms with E-state index in [0.29, 0.717) is 20.9 Å². The molecule has 1 N–H and O–H groups in total. The largest absolute Gasteiger partial charge is 0.287 e. The average Bonchev–Trinajstić information content (AvgIpc) is 2.12. The Labute approximate surface area is 83.3 Å². The number of fused-ring (bicyclic) bond motifs is 1. The van der Waals surface area contributed by atoms with Gasteiger partial charge in [-0.2, -0.15) is 5.10 Å². The van der Waals surface area contributed by atoms with Gasteiger partial charge in [0.05, 0.1) is 27.1 Å². The van der Waals surface area contributed by atoms with Crippen molar-refractivity contribution in [3.63, 3.8) is 0 Å². The van der Waals surface area contributed by atoms with Gasteiger partial charge >= 0.3 is 0 Å². The minimum absolute atomic E-state index is 0.174. The van der Waals surface area contributed by atoms with E-state index in [1.54, 1.807) is 12.1 Å². The van der Waals surface area contributed by atoms with Crippen molar-refractivity contribution in [2.24, 2.45) is 0 Å². The van der Waals surface area contributed by atoms with Crippen molar-refractivity contribution in [2.45, 2.75) is 0 Å². The summed E-state index contributed by atoms with van der Waals surface area (Å²) in [6, 6.07) is 3.20. The van der Waals surface area contributed by atoms with Gasteiger partial charge in [-0.3, -0.25) is 9.89 Å². The lowest BCUT2D eigenvalue weighted by Gasteiger charge is -1.99. The van der Waals surface area contributed by atoms with E-state index in [1.807, 2.05) is 0 Å². The topological polar surface area (TPSA) is 45.8 Å². The van der Waals surface area contributed by atoms with Crippen LogP contribution in [0.1, 0.15) is 0 Å². The van der Waals surface area contributed by atoms with Crippen molar-refractivity contribution < 1.29 is 0 Å². The third-order valence-electron chi connectivity index (χ3n) is 1.72. The zero-order valence-electron chi connectivity index (χ0n) is 6.34. The molecule has 2 rings (SSSR count). The molecule has 0 fully saturated rings. The first-order valence-corrected chi connectivity index (χ1v) is 4.27. The van der Waals surface area contributed by atoms with Crippen molar-refractivity contribution >= 4 is 34.1 Å². The normalized spacial score (nSPS) is 10.6. The van der Waals surface area contributed by atoms with Crippen LogP contribution in [0.5, 0.6) is 0 Å². The van der Waals surface area contributed by atoms with Crippen LogP contribution in [0.4, 0.5) is 0 Å². The molecule has 1 aromatic heterocycles. The van der Waals surface area contributed by atoms with E-state index in [-0.39, 0.29) is 5.43 Å². The lowest BCUT2D eigenvalue weighted by atomic mass is 10.2. The Morgan fingerprint density at radius 3 is 2.85 bits per heavy atom. The summed E-state index contributed by atoms with van der Waals surface area (Å²) < 4.78 is 0. The summed E-state index contributed by atoms with van der Waals surface area (Å²) >= 11 is 11.6. The van der Waals surface area contributed by atoms with Crippen LogP contribution in [-0.4, -0.2) is 10.2 Å². The second-order valence-corrected chi connectivity index (χ2v) is 3.30. The smallest absolute Gasteiger partial charge is 0.207 e. The molecule has 1 heterocycles. The van der Waals surface area contributed by atoms with Crippen LogP contribution in [0, 0.1) is 0 Å². The zero-order valence-corrected chi connectivity index (χ0v) is 7.86. The highest BCUT2D eigenvalue weighted by atomic mass is 35.5. The molecule has 66 valence electrons. The van der Waals surface area contributed by atoms with Crippen LogP contribution >= 0.6 is 23.2 Å². The molecule has 3 nitrogen and oxygen atoms in total. The lowest BCUT2D eigenvalue weighted by Crippen LogP contribution is -2.02. The second kappa shape index (κ2) is 3.01. The summed E-state index contributed by atoms with van der Waals surface area (Å²) in [6.07, 6.45) is 1.20. The number of aromatic nitrogens is 2. The van der Waals surface area contributed by atoms with E-state index in [1.165, 1.54) is 6.20 Å². The number of nitrogens with zero attached hydrogens (tertiary/aromatic N) is 1. The summed E-state index contributed by atoms with van der Waals surface area (Å²) in [5.74, 6) is 0. The molecule has 0 aliphatic rings. The fourth-order valence-corrected chi connectivity index (χ4v) is 1.45. The first-order chi connectivity index (χ1) is 6.20. The fourth-order valence-electron chi connectivity index (χ4n) is 1.09. The molecule has 1 aromatic carbocycles. The van der Waals surface area contributed by atoms with Crippen molar-refractivity contribution in [1.82, 2.24) is 10.2 Å². The van der Waals surface area contributed by atoms with Crippen molar-refractivity contribution in [3.05, 3.63) is 38.6 Å². The Balaban J connectivity index is 3.03. The Kier molecular flexibility index (Phi) is 1.98. The highest BCUT2D eigenvalue weighted by molar-refractivity contribution is 6.44. The standard InChI is InChI=1S/C8H4Cl2N2O/c9-5-2-1-4-6(13)3-11-12-8(4)7(5)10/h1-3H,(H,12,13). The van der Waals surface area contributed by atoms with Gasteiger partial charge in [0.1, 0.15) is 0 Å². The summed E-state index contributed by atoms with van der Waals surface area (Å²) in [4.78, 5) is 11.3. The Morgan fingerprint density at radius 1 is 1.31 bits per heavy atom. The Hall–Kier alpha value is -1.06. The molecule has 0 radical (unpaired) electrons. The number of H-pyrrole nitrogens is 1. The van der Waals surface area contributed by atoms with Crippen LogP contribution in [0.3, 0.4) is 0 Å². The number of hydrogen-bond acceptors (Lipinski definition) is 2. The molecule has 0 aliphatic carbocycles. The molecule has 0 amide bonds. The number of benzene rings is 1. The van der Waals surface area contributed by atoms with Gasteiger partial charge < -0.3 is 0 Å². The number of hydrogen-bond donors (Lipinski definition) is 1. The molecule has 0 unspecified atom stereocenters. The van der Waals surface area contributed by atoms with Gasteiger partial charge in [-0.05, 0) is 12.1 Å². The third-order valence-corrected chi connectivity index (χ3v) is 2.52. The van der Waals surface area contributed by atoms with Crippen LogP contribution < -0.4 is 5.43 Å². The molecule has 0 saturated heterocycles. The Morgan fingerprint density at radius 2 is 2.08 bits per heavy atom. The molecular formula is C8H4Cl2N2O. The monoisotopic (exact) mass is 214 g/mol. The Bertz CT molecular complexity index is 521.